The number of nitrogens with one attached hydrogen (secondary N) is 2. The van der Waals surface area contributed by atoms with Gasteiger partial charge in [0.05, 0.1) is 6.10 Å². The summed E-state index contributed by atoms with van der Waals surface area (Å²) in [5, 5.41) is 15.5. The Hall–Kier alpha value is -2.60. The standard InChI is InChI=1S/C19H22FN3O2/c1-23-10-2-3-14-11-16(8-9-17(14)23)22-19(25)21-12-18(24)13-4-6-15(20)7-5-13/h4-9,11,18,24H,2-3,10,12H2,1H3,(H2,21,22,25). The zero-order valence-electron chi connectivity index (χ0n) is 14.1. The smallest absolute Gasteiger partial charge is 0.319 e. The molecule has 3 rings (SSSR count). The Morgan fingerprint density at radius 2 is 2.04 bits per heavy atom. The summed E-state index contributed by atoms with van der Waals surface area (Å²) in [6.07, 6.45) is 1.21. The lowest BCUT2D eigenvalue weighted by atomic mass is 10.0. The van der Waals surface area contributed by atoms with E-state index in [1.54, 1.807) is 0 Å². The first kappa shape index (κ1) is 17.2. The van der Waals surface area contributed by atoms with Gasteiger partial charge in [0, 0.05) is 31.5 Å². The number of aryl methyl sites for hydroxylation is 1. The van der Waals surface area contributed by atoms with E-state index in [0.717, 1.165) is 25.1 Å². The first-order valence-electron chi connectivity index (χ1n) is 8.35. The summed E-state index contributed by atoms with van der Waals surface area (Å²) in [5.74, 6) is -0.361. The van der Waals surface area contributed by atoms with Crippen LogP contribution < -0.4 is 15.5 Å². The third-order valence-electron chi connectivity index (χ3n) is 4.40. The van der Waals surface area contributed by atoms with E-state index in [1.807, 2.05) is 18.2 Å². The fourth-order valence-corrected chi connectivity index (χ4v) is 3.03. The molecule has 0 bridgehead atoms. The topological polar surface area (TPSA) is 64.6 Å². The van der Waals surface area contributed by atoms with E-state index in [2.05, 4.69) is 22.6 Å². The molecule has 1 aliphatic rings. The van der Waals surface area contributed by atoms with Crippen LogP contribution in [0.5, 0.6) is 0 Å². The van der Waals surface area contributed by atoms with Crippen LogP contribution in [0.4, 0.5) is 20.6 Å². The zero-order chi connectivity index (χ0) is 17.8. The number of halogens is 1. The van der Waals surface area contributed by atoms with Crippen LogP contribution in [0.1, 0.15) is 23.7 Å². The minimum atomic E-state index is -0.886. The van der Waals surface area contributed by atoms with Crippen molar-refractivity contribution in [3.63, 3.8) is 0 Å². The highest BCUT2D eigenvalue weighted by Gasteiger charge is 2.15. The maximum Gasteiger partial charge on any atom is 0.319 e. The van der Waals surface area contributed by atoms with Gasteiger partial charge in [-0.05, 0) is 54.3 Å². The number of rotatable bonds is 4. The molecular formula is C19H22FN3O2. The van der Waals surface area contributed by atoms with E-state index in [0.29, 0.717) is 5.56 Å². The third-order valence-corrected chi connectivity index (χ3v) is 4.40. The minimum absolute atomic E-state index is 0.0468. The molecule has 1 aliphatic heterocycles. The van der Waals surface area contributed by atoms with Crippen LogP contribution >= 0.6 is 0 Å². The maximum atomic E-state index is 12.9. The van der Waals surface area contributed by atoms with Crippen LogP contribution in [0.3, 0.4) is 0 Å². The van der Waals surface area contributed by atoms with Crippen molar-refractivity contribution in [2.75, 3.05) is 30.4 Å². The van der Waals surface area contributed by atoms with Crippen LogP contribution in [0, 0.1) is 5.82 Å². The average molecular weight is 343 g/mol. The molecule has 132 valence electrons. The first-order chi connectivity index (χ1) is 12.0. The highest BCUT2D eigenvalue weighted by Crippen LogP contribution is 2.28. The van der Waals surface area contributed by atoms with E-state index in [-0.39, 0.29) is 18.4 Å². The predicted molar refractivity (Wildman–Crippen MR) is 96.4 cm³/mol. The molecule has 1 unspecified atom stereocenters. The molecule has 1 heterocycles. The van der Waals surface area contributed by atoms with Gasteiger partial charge in [0.15, 0.2) is 0 Å². The molecule has 6 heteroatoms. The van der Waals surface area contributed by atoms with Gasteiger partial charge in [-0.15, -0.1) is 0 Å². The van der Waals surface area contributed by atoms with Gasteiger partial charge in [0.2, 0.25) is 0 Å². The molecule has 0 spiro atoms. The molecule has 0 saturated carbocycles. The van der Waals surface area contributed by atoms with Gasteiger partial charge in [-0.2, -0.15) is 0 Å². The Kier molecular flexibility index (Phi) is 5.19. The van der Waals surface area contributed by atoms with Crippen LogP contribution in [0.2, 0.25) is 0 Å². The van der Waals surface area contributed by atoms with Crippen molar-refractivity contribution in [3.8, 4) is 0 Å². The number of amides is 2. The first-order valence-corrected chi connectivity index (χ1v) is 8.35. The van der Waals surface area contributed by atoms with E-state index < -0.39 is 6.10 Å². The number of urea groups is 1. The van der Waals surface area contributed by atoms with Gasteiger partial charge in [-0.3, -0.25) is 0 Å². The molecule has 25 heavy (non-hydrogen) atoms. The molecule has 0 aromatic heterocycles. The van der Waals surface area contributed by atoms with Crippen molar-refractivity contribution >= 4 is 17.4 Å². The summed E-state index contributed by atoms with van der Waals surface area (Å²) < 4.78 is 12.9. The van der Waals surface area contributed by atoms with Crippen LogP contribution in [0.25, 0.3) is 0 Å². The van der Waals surface area contributed by atoms with Crippen molar-refractivity contribution in [1.29, 1.82) is 0 Å². The molecular weight excluding hydrogens is 321 g/mol. The molecule has 2 aromatic rings. The minimum Gasteiger partial charge on any atom is -0.387 e. The molecule has 0 fully saturated rings. The number of anilines is 2. The summed E-state index contributed by atoms with van der Waals surface area (Å²) >= 11 is 0. The van der Waals surface area contributed by atoms with Gasteiger partial charge in [-0.25, -0.2) is 9.18 Å². The average Bonchev–Trinajstić information content (AvgIpc) is 2.60. The molecule has 2 aromatic carbocycles. The third kappa shape index (κ3) is 4.28. The molecule has 2 amide bonds. The van der Waals surface area contributed by atoms with E-state index in [1.165, 1.54) is 35.5 Å². The highest BCUT2D eigenvalue weighted by molar-refractivity contribution is 5.89. The van der Waals surface area contributed by atoms with E-state index in [4.69, 9.17) is 0 Å². The van der Waals surface area contributed by atoms with Gasteiger partial charge in [0.25, 0.3) is 0 Å². The summed E-state index contributed by atoms with van der Waals surface area (Å²) in [6.45, 7) is 1.09. The Labute approximate surface area is 146 Å². The summed E-state index contributed by atoms with van der Waals surface area (Å²) in [5.41, 5.74) is 3.70. The van der Waals surface area contributed by atoms with Crippen molar-refractivity contribution in [2.24, 2.45) is 0 Å². The van der Waals surface area contributed by atoms with E-state index >= 15 is 0 Å². The Bertz CT molecular complexity index is 749. The molecule has 1 atom stereocenters. The normalized spacial score (nSPS) is 14.6. The second kappa shape index (κ2) is 7.53. The monoisotopic (exact) mass is 343 g/mol. The van der Waals surface area contributed by atoms with Crippen molar-refractivity contribution in [1.82, 2.24) is 5.32 Å². The lowest BCUT2D eigenvalue weighted by molar-refractivity contribution is 0.175. The van der Waals surface area contributed by atoms with Crippen LogP contribution in [0.15, 0.2) is 42.5 Å². The predicted octanol–water partition coefficient (Wildman–Crippen LogP) is 3.06. The number of carbonyl (C=O) groups excluding carboxylic acids is 1. The van der Waals surface area contributed by atoms with Crippen molar-refractivity contribution in [3.05, 3.63) is 59.4 Å². The molecule has 5 nitrogen and oxygen atoms in total. The number of nitrogens with zero attached hydrogens (tertiary/aromatic N) is 1. The highest BCUT2D eigenvalue weighted by atomic mass is 19.1. The fourth-order valence-electron chi connectivity index (χ4n) is 3.03. The molecule has 0 saturated heterocycles. The number of aliphatic hydroxyl groups is 1. The number of hydrogen-bond donors (Lipinski definition) is 3. The quantitative estimate of drug-likeness (QED) is 0.799. The summed E-state index contributed by atoms with van der Waals surface area (Å²) in [7, 11) is 2.06. The number of hydrogen-bond acceptors (Lipinski definition) is 3. The summed E-state index contributed by atoms with van der Waals surface area (Å²) in [4.78, 5) is 14.2. The van der Waals surface area contributed by atoms with Crippen molar-refractivity contribution in [2.45, 2.75) is 18.9 Å². The van der Waals surface area contributed by atoms with Gasteiger partial charge >= 0.3 is 6.03 Å². The number of aliphatic hydroxyl groups excluding tert-OH is 1. The van der Waals surface area contributed by atoms with Gasteiger partial charge in [-0.1, -0.05) is 12.1 Å². The zero-order valence-corrected chi connectivity index (χ0v) is 14.1. The summed E-state index contributed by atoms with van der Waals surface area (Å²) in [6, 6.07) is 11.0. The maximum absolute atomic E-state index is 12.9. The second-order valence-corrected chi connectivity index (χ2v) is 6.27. The van der Waals surface area contributed by atoms with Gasteiger partial charge in [0.1, 0.15) is 5.82 Å². The van der Waals surface area contributed by atoms with Crippen molar-refractivity contribution < 1.29 is 14.3 Å². The molecule has 0 radical (unpaired) electrons. The Morgan fingerprint density at radius 3 is 2.80 bits per heavy atom. The Balaban J connectivity index is 1.55. The molecule has 0 aliphatic carbocycles. The number of benzene rings is 2. The lowest BCUT2D eigenvalue weighted by Crippen LogP contribution is -2.32. The van der Waals surface area contributed by atoms with E-state index in [9.17, 15) is 14.3 Å². The number of carbonyl (C=O) groups is 1. The second-order valence-electron chi connectivity index (χ2n) is 6.27. The SMILES string of the molecule is CN1CCCc2cc(NC(=O)NCC(O)c3ccc(F)cc3)ccc21. The van der Waals surface area contributed by atoms with Crippen LogP contribution in [-0.4, -0.2) is 31.3 Å². The molecule has 3 N–H and O–H groups in total. The fraction of sp³-hybridized carbons (Fsp3) is 0.316. The van der Waals surface area contributed by atoms with Crippen LogP contribution in [-0.2, 0) is 6.42 Å². The van der Waals surface area contributed by atoms with Gasteiger partial charge < -0.3 is 20.6 Å². The lowest BCUT2D eigenvalue weighted by Gasteiger charge is -2.27. The number of fused-ring (bicyclic) bond motifs is 1. The Morgan fingerprint density at radius 1 is 1.28 bits per heavy atom. The largest absolute Gasteiger partial charge is 0.387 e.